The zero-order valence-corrected chi connectivity index (χ0v) is 19.2. The molecule has 1 nitrogen and oxygen atoms in total. The molecule has 24 heavy (non-hydrogen) atoms. The minimum Gasteiger partial charge on any atom is -0.508 e. The van der Waals surface area contributed by atoms with Crippen LogP contribution in [0.1, 0.15) is 33.3 Å². The van der Waals surface area contributed by atoms with Crippen molar-refractivity contribution in [3.63, 3.8) is 0 Å². The summed E-state index contributed by atoms with van der Waals surface area (Å²) in [4.78, 5) is 0. The third kappa shape index (κ3) is 2.97. The molecule has 1 aliphatic rings. The monoisotopic (exact) mass is 358 g/mol. The van der Waals surface area contributed by atoms with Gasteiger partial charge in [-0.3, -0.25) is 0 Å². The summed E-state index contributed by atoms with van der Waals surface area (Å²) in [5.74, 6) is 1.09. The second-order valence-electron chi connectivity index (χ2n) is 9.15. The topological polar surface area (TPSA) is 20.2 Å². The number of phenolic OH excluding ortho intramolecular Hbond substituents is 1. The lowest BCUT2D eigenvalue weighted by molar-refractivity contribution is 0.483. The SMILES string of the molecule is CC1=C(C)C(C)C([Si](C)(C)c2cc(C)cc([Si](C)(C)C)c2O)=C1C. The molecule has 0 aromatic heterocycles. The van der Waals surface area contributed by atoms with Crippen LogP contribution < -0.4 is 10.4 Å². The highest BCUT2D eigenvalue weighted by atomic mass is 28.3. The molecule has 3 heteroatoms. The average molecular weight is 359 g/mol. The molecule has 0 fully saturated rings. The fourth-order valence-electron chi connectivity index (χ4n) is 4.35. The van der Waals surface area contributed by atoms with Crippen molar-refractivity contribution in [1.82, 2.24) is 0 Å². The first-order chi connectivity index (χ1) is 10.8. The molecule has 0 aliphatic heterocycles. The van der Waals surface area contributed by atoms with Crippen LogP contribution in [0.2, 0.25) is 32.7 Å². The molecule has 1 aromatic carbocycles. The van der Waals surface area contributed by atoms with Gasteiger partial charge in [-0.05, 0) is 49.6 Å². The molecule has 0 radical (unpaired) electrons. The van der Waals surface area contributed by atoms with Gasteiger partial charge in [0.15, 0.2) is 0 Å². The molecule has 0 saturated carbocycles. The van der Waals surface area contributed by atoms with Gasteiger partial charge in [-0.2, -0.15) is 0 Å². The Labute approximate surface area is 150 Å². The lowest BCUT2D eigenvalue weighted by Gasteiger charge is -2.33. The van der Waals surface area contributed by atoms with Gasteiger partial charge in [0, 0.05) is 0 Å². The van der Waals surface area contributed by atoms with E-state index in [0.717, 1.165) is 0 Å². The van der Waals surface area contributed by atoms with Crippen molar-refractivity contribution in [3.05, 3.63) is 39.6 Å². The van der Waals surface area contributed by atoms with Crippen LogP contribution in [0.4, 0.5) is 0 Å². The maximum Gasteiger partial charge on any atom is 0.114 e. The zero-order chi connectivity index (χ0) is 18.6. The number of aromatic hydroxyl groups is 1. The van der Waals surface area contributed by atoms with E-state index in [1.165, 1.54) is 32.7 Å². The number of hydrogen-bond acceptors (Lipinski definition) is 1. The van der Waals surface area contributed by atoms with Crippen molar-refractivity contribution in [2.45, 2.75) is 67.4 Å². The van der Waals surface area contributed by atoms with E-state index in [1.807, 2.05) is 0 Å². The van der Waals surface area contributed by atoms with Gasteiger partial charge in [-0.15, -0.1) is 0 Å². The van der Waals surface area contributed by atoms with Crippen molar-refractivity contribution >= 4 is 26.5 Å². The predicted molar refractivity (Wildman–Crippen MR) is 113 cm³/mol. The Morgan fingerprint density at radius 2 is 1.33 bits per heavy atom. The van der Waals surface area contributed by atoms with Crippen LogP contribution in [0.25, 0.3) is 0 Å². The van der Waals surface area contributed by atoms with E-state index in [2.05, 4.69) is 79.5 Å². The highest BCUT2D eigenvalue weighted by molar-refractivity contribution is 6.97. The van der Waals surface area contributed by atoms with Crippen LogP contribution in [-0.4, -0.2) is 21.3 Å². The van der Waals surface area contributed by atoms with E-state index < -0.39 is 16.1 Å². The van der Waals surface area contributed by atoms with Gasteiger partial charge in [-0.25, -0.2) is 0 Å². The highest BCUT2D eigenvalue weighted by Gasteiger charge is 2.40. The van der Waals surface area contributed by atoms with Crippen LogP contribution >= 0.6 is 0 Å². The van der Waals surface area contributed by atoms with Gasteiger partial charge in [0.2, 0.25) is 0 Å². The van der Waals surface area contributed by atoms with Crippen LogP contribution in [-0.2, 0) is 0 Å². The van der Waals surface area contributed by atoms with Gasteiger partial charge in [0.25, 0.3) is 0 Å². The summed E-state index contributed by atoms with van der Waals surface area (Å²) < 4.78 is 0. The van der Waals surface area contributed by atoms with E-state index in [0.29, 0.717) is 11.7 Å². The summed E-state index contributed by atoms with van der Waals surface area (Å²) in [6.07, 6.45) is 0. The molecule has 132 valence electrons. The first-order valence-electron chi connectivity index (χ1n) is 9.03. The molecule has 0 saturated heterocycles. The quantitative estimate of drug-likeness (QED) is 0.754. The zero-order valence-electron chi connectivity index (χ0n) is 17.2. The van der Waals surface area contributed by atoms with Crippen LogP contribution in [0, 0.1) is 12.8 Å². The van der Waals surface area contributed by atoms with Crippen LogP contribution in [0.15, 0.2) is 34.0 Å². The Balaban J connectivity index is 2.71. The van der Waals surface area contributed by atoms with Crippen molar-refractivity contribution < 1.29 is 5.11 Å². The molecule has 2 rings (SSSR count). The molecule has 0 spiro atoms. The Bertz CT molecular complexity index is 746. The van der Waals surface area contributed by atoms with Gasteiger partial charge in [0.05, 0.1) is 8.07 Å². The summed E-state index contributed by atoms with van der Waals surface area (Å²) in [6, 6.07) is 4.46. The van der Waals surface area contributed by atoms with Crippen molar-refractivity contribution in [3.8, 4) is 5.75 Å². The second kappa shape index (κ2) is 6.03. The minimum atomic E-state index is -1.93. The summed E-state index contributed by atoms with van der Waals surface area (Å²) in [5, 5.41) is 15.2. The molecule has 1 aliphatic carbocycles. The maximum absolute atomic E-state index is 11.2. The Morgan fingerprint density at radius 3 is 1.75 bits per heavy atom. The van der Waals surface area contributed by atoms with E-state index in [4.69, 9.17) is 0 Å². The van der Waals surface area contributed by atoms with E-state index >= 15 is 0 Å². The summed E-state index contributed by atoms with van der Waals surface area (Å²) in [5.41, 5.74) is 5.70. The molecule has 1 atom stereocenters. The molecule has 1 aromatic rings. The van der Waals surface area contributed by atoms with Gasteiger partial charge in [-0.1, -0.05) is 73.7 Å². The smallest absolute Gasteiger partial charge is 0.114 e. The second-order valence-corrected chi connectivity index (χ2v) is 18.5. The number of rotatable bonds is 3. The fraction of sp³-hybridized carbons (Fsp3) is 0.524. The Morgan fingerprint density at radius 1 is 0.833 bits per heavy atom. The third-order valence-corrected chi connectivity index (χ3v) is 11.9. The maximum atomic E-state index is 11.2. The van der Waals surface area contributed by atoms with E-state index in [9.17, 15) is 5.11 Å². The summed E-state index contributed by atoms with van der Waals surface area (Å²) in [6.45, 7) is 23.1. The Kier molecular flexibility index (Phi) is 4.84. The molecule has 0 amide bonds. The lowest BCUT2D eigenvalue weighted by atomic mass is 10.1. The normalized spacial score (nSPS) is 19.5. The number of allylic oxidation sites excluding steroid dienone is 4. The summed E-state index contributed by atoms with van der Waals surface area (Å²) >= 11 is 0. The molecular weight excluding hydrogens is 324 g/mol. The first-order valence-corrected chi connectivity index (χ1v) is 15.5. The number of benzene rings is 1. The van der Waals surface area contributed by atoms with Crippen LogP contribution in [0.3, 0.4) is 0 Å². The number of hydrogen-bond donors (Lipinski definition) is 1. The van der Waals surface area contributed by atoms with Crippen molar-refractivity contribution in [2.24, 2.45) is 5.92 Å². The number of phenols is 1. The van der Waals surface area contributed by atoms with E-state index in [-0.39, 0.29) is 0 Å². The van der Waals surface area contributed by atoms with Gasteiger partial charge < -0.3 is 5.11 Å². The molecule has 0 heterocycles. The summed E-state index contributed by atoms with van der Waals surface area (Å²) in [7, 11) is -3.51. The minimum absolute atomic E-state index is 0.502. The molecule has 0 bridgehead atoms. The van der Waals surface area contributed by atoms with Crippen LogP contribution in [0.5, 0.6) is 5.75 Å². The van der Waals surface area contributed by atoms with Crippen molar-refractivity contribution in [2.75, 3.05) is 0 Å². The Hall–Kier alpha value is -1.07. The third-order valence-electron chi connectivity index (χ3n) is 6.05. The fourth-order valence-corrected chi connectivity index (χ4v) is 10.0. The van der Waals surface area contributed by atoms with Gasteiger partial charge >= 0.3 is 0 Å². The largest absolute Gasteiger partial charge is 0.508 e. The molecule has 1 unspecified atom stereocenters. The highest BCUT2D eigenvalue weighted by Crippen LogP contribution is 2.41. The molecular formula is C21H34OSi2. The standard InChI is InChI=1S/C21H34OSi2/c1-13-11-18(23(6,7)8)20(22)19(12-13)24(9,10)21-16(4)14(2)15(3)17(21)5/h11-12,16,22H,1-10H3. The predicted octanol–water partition coefficient (Wildman–Crippen LogP) is 5.00. The molecule has 1 N–H and O–H groups in total. The van der Waals surface area contributed by atoms with E-state index in [1.54, 1.807) is 5.20 Å². The number of aryl methyl sites for hydroxylation is 1. The van der Waals surface area contributed by atoms with Crippen molar-refractivity contribution in [1.29, 1.82) is 0 Å². The first kappa shape index (κ1) is 19.3. The lowest BCUT2D eigenvalue weighted by Crippen LogP contribution is -2.50. The van der Waals surface area contributed by atoms with Gasteiger partial charge in [0.1, 0.15) is 13.8 Å². The average Bonchev–Trinajstić information content (AvgIpc) is 2.64.